The zero-order valence-corrected chi connectivity index (χ0v) is 18.3. The van der Waals surface area contributed by atoms with E-state index in [1.54, 1.807) is 31.4 Å². The Morgan fingerprint density at radius 3 is 2.35 bits per heavy atom. The summed E-state index contributed by atoms with van der Waals surface area (Å²) in [5.74, 6) is 0.464. The lowest BCUT2D eigenvalue weighted by atomic mass is 10.0. The Hall–Kier alpha value is -3.13. The van der Waals surface area contributed by atoms with Crippen LogP contribution in [0.25, 0.3) is 11.1 Å². The molecule has 31 heavy (non-hydrogen) atoms. The van der Waals surface area contributed by atoms with Gasteiger partial charge in [0.05, 0.1) is 12.7 Å². The molecule has 0 amide bonds. The maximum Gasteiger partial charge on any atom is 0.573 e. The van der Waals surface area contributed by atoms with Crippen LogP contribution in [0, 0.1) is 6.92 Å². The number of rotatable bonds is 5. The fourth-order valence-electron chi connectivity index (χ4n) is 3.09. The first-order valence-electron chi connectivity index (χ1n) is 9.32. The van der Waals surface area contributed by atoms with Gasteiger partial charge in [-0.05, 0) is 65.6 Å². The van der Waals surface area contributed by atoms with Crippen LogP contribution in [-0.4, -0.2) is 32.1 Å². The number of thiophene rings is 1. The number of ether oxygens (including phenoxy) is 2. The smallest absolute Gasteiger partial charge is 0.496 e. The van der Waals surface area contributed by atoms with E-state index in [9.17, 15) is 13.2 Å². The molecule has 1 aromatic heterocycles. The summed E-state index contributed by atoms with van der Waals surface area (Å²) in [6.45, 7) is 3.80. The van der Waals surface area contributed by atoms with Gasteiger partial charge in [-0.15, -0.1) is 13.2 Å². The molecular weight excluding hydrogens is 425 g/mol. The molecule has 2 aromatic carbocycles. The molecule has 0 radical (unpaired) electrons. The number of hydrogen-bond donors (Lipinski definition) is 0. The quantitative estimate of drug-likeness (QED) is 0.331. The zero-order chi connectivity index (χ0) is 22.6. The summed E-state index contributed by atoms with van der Waals surface area (Å²) in [4.78, 5) is 8.56. The third kappa shape index (κ3) is 5.32. The number of aryl methyl sites for hydroxylation is 1. The first kappa shape index (κ1) is 22.6. The maximum atomic E-state index is 12.8. The maximum absolute atomic E-state index is 12.8. The Morgan fingerprint density at radius 1 is 1.00 bits per heavy atom. The normalized spacial score (nSPS) is 12.7. The van der Waals surface area contributed by atoms with Crippen LogP contribution in [0.4, 0.5) is 13.2 Å². The summed E-state index contributed by atoms with van der Waals surface area (Å²) < 4.78 is 48.0. The number of aliphatic imine (C=N–C) groups is 2. The van der Waals surface area contributed by atoms with Crippen molar-refractivity contribution in [2.24, 2.45) is 9.98 Å². The molecule has 0 atom stereocenters. The van der Waals surface area contributed by atoms with Crippen molar-refractivity contribution in [3.05, 3.63) is 69.9 Å². The van der Waals surface area contributed by atoms with Gasteiger partial charge in [-0.3, -0.25) is 4.99 Å². The van der Waals surface area contributed by atoms with E-state index < -0.39 is 6.36 Å². The summed E-state index contributed by atoms with van der Waals surface area (Å²) in [5.41, 5.74) is 4.71. The van der Waals surface area contributed by atoms with Crippen LogP contribution in [0.2, 0.25) is 0 Å². The number of amidine groups is 1. The molecule has 8 heteroatoms. The highest BCUT2D eigenvalue weighted by atomic mass is 32.1. The minimum Gasteiger partial charge on any atom is -0.496 e. The van der Waals surface area contributed by atoms with E-state index >= 15 is 0 Å². The summed E-state index contributed by atoms with van der Waals surface area (Å²) in [6, 6.07) is 11.5. The van der Waals surface area contributed by atoms with Gasteiger partial charge in [0.25, 0.3) is 0 Å². The molecule has 0 N–H and O–H groups in total. The number of hydrogen-bond acceptors (Lipinski definition) is 4. The lowest BCUT2D eigenvalue weighted by Gasteiger charge is -2.14. The molecule has 3 aromatic rings. The third-order valence-electron chi connectivity index (χ3n) is 4.60. The SMILES string of the molecule is CN=C(N=C(C)c1ccc(-c2cscc2C)c(OC)c1)c1ccccc1OC(F)(F)F. The second-order valence-electron chi connectivity index (χ2n) is 6.67. The van der Waals surface area contributed by atoms with Crippen molar-refractivity contribution in [3.63, 3.8) is 0 Å². The number of nitrogens with zero attached hydrogens (tertiary/aromatic N) is 2. The number of alkyl halides is 3. The van der Waals surface area contributed by atoms with Crippen molar-refractivity contribution in [1.29, 1.82) is 0 Å². The van der Waals surface area contributed by atoms with Gasteiger partial charge >= 0.3 is 6.36 Å². The fraction of sp³-hybridized carbons (Fsp3) is 0.217. The largest absolute Gasteiger partial charge is 0.573 e. The monoisotopic (exact) mass is 446 g/mol. The van der Waals surface area contributed by atoms with Crippen LogP contribution >= 0.6 is 11.3 Å². The molecule has 1 heterocycles. The lowest BCUT2D eigenvalue weighted by molar-refractivity contribution is -0.274. The Labute approximate surface area is 182 Å². The molecule has 0 aliphatic carbocycles. The summed E-state index contributed by atoms with van der Waals surface area (Å²) in [5, 5.41) is 4.13. The van der Waals surface area contributed by atoms with Gasteiger partial charge < -0.3 is 9.47 Å². The van der Waals surface area contributed by atoms with Crippen LogP contribution < -0.4 is 9.47 Å². The van der Waals surface area contributed by atoms with E-state index in [1.807, 2.05) is 25.1 Å². The lowest BCUT2D eigenvalue weighted by Crippen LogP contribution is -2.19. The summed E-state index contributed by atoms with van der Waals surface area (Å²) in [6.07, 6.45) is -4.81. The van der Waals surface area contributed by atoms with Crippen molar-refractivity contribution < 1.29 is 22.6 Å². The summed E-state index contributed by atoms with van der Waals surface area (Å²) >= 11 is 1.62. The molecule has 0 bridgehead atoms. The first-order chi connectivity index (χ1) is 14.7. The van der Waals surface area contributed by atoms with E-state index in [0.717, 1.165) is 22.3 Å². The molecule has 4 nitrogen and oxygen atoms in total. The minimum atomic E-state index is -4.81. The van der Waals surface area contributed by atoms with E-state index in [0.29, 0.717) is 11.5 Å². The van der Waals surface area contributed by atoms with Gasteiger partial charge in [-0.1, -0.05) is 18.2 Å². The van der Waals surface area contributed by atoms with Gasteiger partial charge in [0.15, 0.2) is 5.84 Å². The standard InChI is InChI=1S/C23H21F3N2O2S/c1-14-12-31-13-19(14)17-10-9-16(11-21(17)29-4)15(2)28-22(27-3)18-7-5-6-8-20(18)30-23(24,25)26/h5-13H,1-4H3. The van der Waals surface area contributed by atoms with Gasteiger partial charge in [-0.2, -0.15) is 11.3 Å². The van der Waals surface area contributed by atoms with Crippen LogP contribution in [0.3, 0.4) is 0 Å². The Balaban J connectivity index is 1.98. The van der Waals surface area contributed by atoms with Crippen molar-refractivity contribution in [2.75, 3.05) is 14.2 Å². The van der Waals surface area contributed by atoms with Crippen LogP contribution in [0.1, 0.15) is 23.6 Å². The van der Waals surface area contributed by atoms with Gasteiger partial charge in [0.2, 0.25) is 0 Å². The van der Waals surface area contributed by atoms with Crippen molar-refractivity contribution in [1.82, 2.24) is 0 Å². The molecule has 0 aliphatic rings. The van der Waals surface area contributed by atoms with E-state index in [4.69, 9.17) is 4.74 Å². The van der Waals surface area contributed by atoms with E-state index in [2.05, 4.69) is 25.5 Å². The number of para-hydroxylation sites is 1. The minimum absolute atomic E-state index is 0.133. The highest BCUT2D eigenvalue weighted by molar-refractivity contribution is 7.08. The number of halogens is 3. The van der Waals surface area contributed by atoms with Crippen LogP contribution in [-0.2, 0) is 0 Å². The number of methoxy groups -OCH3 is 1. The average Bonchev–Trinajstić information content (AvgIpc) is 3.16. The molecule has 0 saturated heterocycles. The molecule has 0 spiro atoms. The Kier molecular flexibility index (Phi) is 6.80. The van der Waals surface area contributed by atoms with Crippen molar-refractivity contribution >= 4 is 22.9 Å². The van der Waals surface area contributed by atoms with Gasteiger partial charge in [-0.25, -0.2) is 4.99 Å². The fourth-order valence-corrected chi connectivity index (χ4v) is 3.94. The molecule has 162 valence electrons. The highest BCUT2D eigenvalue weighted by Gasteiger charge is 2.32. The van der Waals surface area contributed by atoms with Crippen molar-refractivity contribution in [2.45, 2.75) is 20.2 Å². The Morgan fingerprint density at radius 2 is 1.74 bits per heavy atom. The summed E-state index contributed by atoms with van der Waals surface area (Å²) in [7, 11) is 3.07. The van der Waals surface area contributed by atoms with Crippen LogP contribution in [0.15, 0.2) is 63.2 Å². The molecular formula is C23H21F3N2O2S. The third-order valence-corrected chi connectivity index (χ3v) is 5.47. The second-order valence-corrected chi connectivity index (χ2v) is 7.42. The predicted molar refractivity (Wildman–Crippen MR) is 119 cm³/mol. The zero-order valence-electron chi connectivity index (χ0n) is 17.4. The second kappa shape index (κ2) is 9.34. The number of benzene rings is 2. The molecule has 0 aliphatic heterocycles. The highest BCUT2D eigenvalue weighted by Crippen LogP contribution is 2.35. The van der Waals surface area contributed by atoms with Gasteiger partial charge in [0.1, 0.15) is 11.5 Å². The van der Waals surface area contributed by atoms with E-state index in [-0.39, 0.29) is 17.1 Å². The topological polar surface area (TPSA) is 43.2 Å². The van der Waals surface area contributed by atoms with Crippen molar-refractivity contribution in [3.8, 4) is 22.6 Å². The van der Waals surface area contributed by atoms with E-state index in [1.165, 1.54) is 25.2 Å². The van der Waals surface area contributed by atoms with Crippen LogP contribution in [0.5, 0.6) is 11.5 Å². The molecule has 0 unspecified atom stereocenters. The predicted octanol–water partition coefficient (Wildman–Crippen LogP) is 6.52. The average molecular weight is 446 g/mol. The molecule has 0 fully saturated rings. The molecule has 0 saturated carbocycles. The Bertz CT molecular complexity index is 1130. The first-order valence-corrected chi connectivity index (χ1v) is 10.3. The van der Waals surface area contributed by atoms with Gasteiger partial charge in [0, 0.05) is 18.3 Å². The molecule has 3 rings (SSSR count).